The first kappa shape index (κ1) is 18.3. The number of hydrogen-bond donors (Lipinski definition) is 0. The molecule has 4 heteroatoms. The normalized spacial score (nSPS) is 14.6. The molecule has 0 aliphatic carbocycles. The van der Waals surface area contributed by atoms with E-state index in [2.05, 4.69) is 43.0 Å². The molecule has 1 fully saturated rings. The Morgan fingerprint density at radius 3 is 2.12 bits per heavy atom. The standard InChI is InChI=1S/C22H28N2O2/c1-17(2)16-18-4-6-19(7-5-18)22(25)24-14-12-23(13-15-24)20-8-10-21(26-3)11-9-20/h4-11,17H,12-16H2,1-3H3. The number of hydrogen-bond acceptors (Lipinski definition) is 3. The summed E-state index contributed by atoms with van der Waals surface area (Å²) in [7, 11) is 1.68. The number of ether oxygens (including phenoxy) is 1. The second kappa shape index (κ2) is 8.26. The van der Waals surface area contributed by atoms with Crippen molar-refractivity contribution in [1.82, 2.24) is 4.90 Å². The fourth-order valence-corrected chi connectivity index (χ4v) is 3.40. The SMILES string of the molecule is COc1ccc(N2CCN(C(=O)c3ccc(CC(C)C)cc3)CC2)cc1. The number of carbonyl (C=O) groups excluding carboxylic acids is 1. The number of anilines is 1. The van der Waals surface area contributed by atoms with Crippen LogP contribution in [0.5, 0.6) is 5.75 Å². The minimum Gasteiger partial charge on any atom is -0.497 e. The molecule has 1 aliphatic heterocycles. The minimum atomic E-state index is 0.135. The van der Waals surface area contributed by atoms with E-state index in [0.29, 0.717) is 5.92 Å². The molecule has 0 spiro atoms. The van der Waals surface area contributed by atoms with Crippen molar-refractivity contribution in [2.45, 2.75) is 20.3 Å². The molecule has 0 aromatic heterocycles. The van der Waals surface area contributed by atoms with E-state index in [1.54, 1.807) is 7.11 Å². The number of carbonyl (C=O) groups is 1. The van der Waals surface area contributed by atoms with Gasteiger partial charge in [-0.25, -0.2) is 0 Å². The number of rotatable bonds is 5. The first-order valence-electron chi connectivity index (χ1n) is 9.34. The second-order valence-corrected chi connectivity index (χ2v) is 7.27. The van der Waals surface area contributed by atoms with Gasteiger partial charge in [-0.1, -0.05) is 26.0 Å². The van der Waals surface area contributed by atoms with Gasteiger partial charge in [0.2, 0.25) is 0 Å². The number of nitrogens with zero attached hydrogens (tertiary/aromatic N) is 2. The van der Waals surface area contributed by atoms with Crippen LogP contribution in [0.3, 0.4) is 0 Å². The Bertz CT molecular complexity index is 715. The lowest BCUT2D eigenvalue weighted by atomic mass is 10.0. The molecule has 2 aromatic rings. The summed E-state index contributed by atoms with van der Waals surface area (Å²) in [6, 6.07) is 16.2. The molecule has 4 nitrogen and oxygen atoms in total. The van der Waals surface area contributed by atoms with Crippen LogP contribution < -0.4 is 9.64 Å². The maximum Gasteiger partial charge on any atom is 0.253 e. The highest BCUT2D eigenvalue weighted by molar-refractivity contribution is 5.94. The van der Waals surface area contributed by atoms with Crippen molar-refractivity contribution in [2.75, 3.05) is 38.2 Å². The highest BCUT2D eigenvalue weighted by atomic mass is 16.5. The summed E-state index contributed by atoms with van der Waals surface area (Å²) in [5.74, 6) is 1.63. The van der Waals surface area contributed by atoms with Gasteiger partial charge in [-0.3, -0.25) is 4.79 Å². The van der Waals surface area contributed by atoms with Crippen molar-refractivity contribution in [3.8, 4) is 5.75 Å². The van der Waals surface area contributed by atoms with Crippen LogP contribution in [0.15, 0.2) is 48.5 Å². The first-order valence-corrected chi connectivity index (χ1v) is 9.34. The lowest BCUT2D eigenvalue weighted by molar-refractivity contribution is 0.0747. The van der Waals surface area contributed by atoms with E-state index in [-0.39, 0.29) is 5.91 Å². The molecule has 1 saturated heterocycles. The molecule has 26 heavy (non-hydrogen) atoms. The maximum atomic E-state index is 12.8. The van der Waals surface area contributed by atoms with Gasteiger partial charge in [0.25, 0.3) is 5.91 Å². The molecule has 2 aromatic carbocycles. The van der Waals surface area contributed by atoms with E-state index < -0.39 is 0 Å². The smallest absolute Gasteiger partial charge is 0.253 e. The lowest BCUT2D eigenvalue weighted by Gasteiger charge is -2.36. The Balaban J connectivity index is 1.57. The predicted molar refractivity (Wildman–Crippen MR) is 106 cm³/mol. The van der Waals surface area contributed by atoms with Gasteiger partial charge in [-0.05, 0) is 54.3 Å². The van der Waals surface area contributed by atoms with Gasteiger partial charge in [0.05, 0.1) is 7.11 Å². The molecular formula is C22H28N2O2. The van der Waals surface area contributed by atoms with Gasteiger partial charge >= 0.3 is 0 Å². The molecule has 0 atom stereocenters. The summed E-state index contributed by atoms with van der Waals surface area (Å²) in [5.41, 5.74) is 3.26. The topological polar surface area (TPSA) is 32.8 Å². The Morgan fingerprint density at radius 2 is 1.58 bits per heavy atom. The zero-order valence-corrected chi connectivity index (χ0v) is 15.9. The third-order valence-electron chi connectivity index (χ3n) is 4.85. The third kappa shape index (κ3) is 4.37. The summed E-state index contributed by atoms with van der Waals surface area (Å²) in [5, 5.41) is 0. The van der Waals surface area contributed by atoms with Crippen LogP contribution in [0, 0.1) is 5.92 Å². The predicted octanol–water partition coefficient (Wildman–Crippen LogP) is 3.86. The largest absolute Gasteiger partial charge is 0.497 e. The Labute approximate surface area is 156 Å². The van der Waals surface area contributed by atoms with E-state index in [0.717, 1.165) is 43.9 Å². The lowest BCUT2D eigenvalue weighted by Crippen LogP contribution is -2.48. The molecule has 3 rings (SSSR count). The fraction of sp³-hybridized carbons (Fsp3) is 0.409. The van der Waals surface area contributed by atoms with Crippen molar-refractivity contribution < 1.29 is 9.53 Å². The summed E-state index contributed by atoms with van der Waals surface area (Å²) < 4.78 is 5.21. The van der Waals surface area contributed by atoms with Crippen LogP contribution in [0.25, 0.3) is 0 Å². The first-order chi connectivity index (χ1) is 12.6. The van der Waals surface area contributed by atoms with Crippen LogP contribution in [0.2, 0.25) is 0 Å². The van der Waals surface area contributed by atoms with Crippen LogP contribution in [0.1, 0.15) is 29.8 Å². The summed E-state index contributed by atoms with van der Waals surface area (Å²) in [6.45, 7) is 7.62. The van der Waals surface area contributed by atoms with Gasteiger partial charge in [0.15, 0.2) is 0 Å². The molecule has 1 heterocycles. The molecule has 1 amide bonds. The van der Waals surface area contributed by atoms with Gasteiger partial charge in [-0.15, -0.1) is 0 Å². The molecule has 0 saturated carbocycles. The van der Waals surface area contributed by atoms with Crippen LogP contribution in [-0.4, -0.2) is 44.1 Å². The number of piperazine rings is 1. The average molecular weight is 352 g/mol. The molecule has 0 N–H and O–H groups in total. The maximum absolute atomic E-state index is 12.8. The van der Waals surface area contributed by atoms with E-state index in [4.69, 9.17) is 4.74 Å². The van der Waals surface area contributed by atoms with Crippen molar-refractivity contribution >= 4 is 11.6 Å². The molecule has 0 bridgehead atoms. The van der Waals surface area contributed by atoms with Gasteiger partial charge in [0.1, 0.15) is 5.75 Å². The molecule has 0 radical (unpaired) electrons. The quantitative estimate of drug-likeness (QED) is 0.819. The molecule has 1 aliphatic rings. The van der Waals surface area contributed by atoms with E-state index >= 15 is 0 Å². The van der Waals surface area contributed by atoms with Crippen molar-refractivity contribution in [1.29, 1.82) is 0 Å². The zero-order chi connectivity index (χ0) is 18.5. The van der Waals surface area contributed by atoms with Crippen LogP contribution in [0.4, 0.5) is 5.69 Å². The Hall–Kier alpha value is -2.49. The summed E-state index contributed by atoms with van der Waals surface area (Å²) in [4.78, 5) is 17.0. The van der Waals surface area contributed by atoms with E-state index in [1.165, 1.54) is 11.3 Å². The van der Waals surface area contributed by atoms with Crippen molar-refractivity contribution in [2.24, 2.45) is 5.92 Å². The number of benzene rings is 2. The van der Waals surface area contributed by atoms with Crippen molar-refractivity contribution in [3.05, 3.63) is 59.7 Å². The highest BCUT2D eigenvalue weighted by Crippen LogP contribution is 2.21. The third-order valence-corrected chi connectivity index (χ3v) is 4.85. The summed E-state index contributed by atoms with van der Waals surface area (Å²) in [6.07, 6.45) is 1.05. The second-order valence-electron chi connectivity index (χ2n) is 7.27. The van der Waals surface area contributed by atoms with Crippen molar-refractivity contribution in [3.63, 3.8) is 0 Å². The minimum absolute atomic E-state index is 0.135. The van der Waals surface area contributed by atoms with Gasteiger partial charge < -0.3 is 14.5 Å². The molecular weight excluding hydrogens is 324 g/mol. The molecule has 0 unspecified atom stereocenters. The van der Waals surface area contributed by atoms with Crippen LogP contribution >= 0.6 is 0 Å². The Morgan fingerprint density at radius 1 is 0.962 bits per heavy atom. The Kier molecular flexibility index (Phi) is 5.82. The number of methoxy groups -OCH3 is 1. The van der Waals surface area contributed by atoms with Crippen LogP contribution in [-0.2, 0) is 6.42 Å². The molecule has 138 valence electrons. The fourth-order valence-electron chi connectivity index (χ4n) is 3.40. The van der Waals surface area contributed by atoms with E-state index in [1.807, 2.05) is 29.2 Å². The summed E-state index contributed by atoms with van der Waals surface area (Å²) >= 11 is 0. The van der Waals surface area contributed by atoms with Gasteiger partial charge in [-0.2, -0.15) is 0 Å². The zero-order valence-electron chi connectivity index (χ0n) is 15.9. The highest BCUT2D eigenvalue weighted by Gasteiger charge is 2.22. The average Bonchev–Trinajstić information content (AvgIpc) is 2.68. The monoisotopic (exact) mass is 352 g/mol. The van der Waals surface area contributed by atoms with Gasteiger partial charge in [0, 0.05) is 37.4 Å². The number of amides is 1. The van der Waals surface area contributed by atoms with E-state index in [9.17, 15) is 4.79 Å².